The molecule has 1 aliphatic heterocycles. The summed E-state index contributed by atoms with van der Waals surface area (Å²) in [6.45, 7) is 0.934. The average molecular weight is 339 g/mol. The lowest BCUT2D eigenvalue weighted by atomic mass is 10.2. The molecule has 1 saturated heterocycles. The number of hydrogen-bond donors (Lipinski definition) is 1. The van der Waals surface area contributed by atoms with Crippen molar-refractivity contribution in [2.45, 2.75) is 0 Å². The van der Waals surface area contributed by atoms with Crippen molar-refractivity contribution in [2.24, 2.45) is 0 Å². The van der Waals surface area contributed by atoms with Gasteiger partial charge in [0.2, 0.25) is 5.91 Å². The molecule has 3 rings (SSSR count). The monoisotopic (exact) mass is 338 g/mol. The quantitative estimate of drug-likeness (QED) is 0.915. The van der Waals surface area contributed by atoms with Crippen LogP contribution in [0.1, 0.15) is 10.6 Å². The number of furan rings is 1. The highest BCUT2D eigenvalue weighted by Crippen LogP contribution is 2.34. The highest BCUT2D eigenvalue weighted by molar-refractivity contribution is 6.43. The molecule has 22 heavy (non-hydrogen) atoms. The summed E-state index contributed by atoms with van der Waals surface area (Å²) in [6, 6.07) is 8.42. The summed E-state index contributed by atoms with van der Waals surface area (Å²) in [5.41, 5.74) is 0.615. The second-order valence-electron chi connectivity index (χ2n) is 4.84. The van der Waals surface area contributed by atoms with Crippen molar-refractivity contribution in [1.29, 1.82) is 0 Å². The van der Waals surface area contributed by atoms with Gasteiger partial charge in [-0.15, -0.1) is 0 Å². The lowest BCUT2D eigenvalue weighted by molar-refractivity contribution is -0.123. The Morgan fingerprint density at radius 2 is 2.05 bits per heavy atom. The molecule has 0 atom stereocenters. The van der Waals surface area contributed by atoms with Crippen molar-refractivity contribution in [1.82, 2.24) is 10.2 Å². The van der Waals surface area contributed by atoms with Crippen LogP contribution in [0.5, 0.6) is 0 Å². The van der Waals surface area contributed by atoms with Crippen molar-refractivity contribution in [3.63, 3.8) is 0 Å². The van der Waals surface area contributed by atoms with Gasteiger partial charge < -0.3 is 14.6 Å². The fourth-order valence-corrected chi connectivity index (χ4v) is 2.65. The van der Waals surface area contributed by atoms with E-state index in [0.29, 0.717) is 34.5 Å². The minimum absolute atomic E-state index is 0.0345. The zero-order valence-electron chi connectivity index (χ0n) is 11.4. The Morgan fingerprint density at radius 1 is 1.23 bits per heavy atom. The van der Waals surface area contributed by atoms with Crippen molar-refractivity contribution in [3.05, 3.63) is 46.1 Å². The number of hydrogen-bond acceptors (Lipinski definition) is 3. The molecular formula is C15H12Cl2N2O3. The predicted octanol–water partition coefficient (Wildman–Crippen LogP) is 2.83. The molecule has 5 nitrogen and oxygen atoms in total. The van der Waals surface area contributed by atoms with Gasteiger partial charge in [-0.05, 0) is 24.3 Å². The smallest absolute Gasteiger partial charge is 0.290 e. The van der Waals surface area contributed by atoms with E-state index >= 15 is 0 Å². The first kappa shape index (κ1) is 14.9. The topological polar surface area (TPSA) is 62.6 Å². The molecule has 1 aromatic heterocycles. The first-order valence-corrected chi connectivity index (χ1v) is 7.42. The van der Waals surface area contributed by atoms with Gasteiger partial charge in [0.05, 0.1) is 10.0 Å². The summed E-state index contributed by atoms with van der Waals surface area (Å²) in [5.74, 6) is 0.126. The van der Waals surface area contributed by atoms with Gasteiger partial charge in [0.1, 0.15) is 12.3 Å². The van der Waals surface area contributed by atoms with Gasteiger partial charge in [0.25, 0.3) is 5.91 Å². The van der Waals surface area contributed by atoms with Crippen LogP contribution in [-0.4, -0.2) is 36.3 Å². The molecule has 1 aliphatic rings. The highest BCUT2D eigenvalue weighted by Gasteiger charge is 2.25. The van der Waals surface area contributed by atoms with Crippen molar-refractivity contribution in [3.8, 4) is 11.3 Å². The van der Waals surface area contributed by atoms with E-state index < -0.39 is 0 Å². The van der Waals surface area contributed by atoms with E-state index in [9.17, 15) is 9.59 Å². The molecule has 2 amide bonds. The van der Waals surface area contributed by atoms with Crippen LogP contribution in [0.15, 0.2) is 34.7 Å². The van der Waals surface area contributed by atoms with Crippen molar-refractivity contribution in [2.75, 3.05) is 19.6 Å². The molecule has 0 saturated carbocycles. The van der Waals surface area contributed by atoms with Gasteiger partial charge in [-0.2, -0.15) is 0 Å². The number of nitrogens with one attached hydrogen (secondary N) is 1. The van der Waals surface area contributed by atoms with Gasteiger partial charge in [-0.25, -0.2) is 0 Å². The van der Waals surface area contributed by atoms with Crippen LogP contribution >= 0.6 is 23.2 Å². The SMILES string of the molecule is O=C1CN(C(=O)c2ccc(-c3cccc(Cl)c3Cl)o2)CCN1. The number of halogens is 2. The maximum absolute atomic E-state index is 12.3. The molecular weight excluding hydrogens is 327 g/mol. The zero-order valence-corrected chi connectivity index (χ0v) is 12.9. The summed E-state index contributed by atoms with van der Waals surface area (Å²) >= 11 is 12.1. The molecule has 0 radical (unpaired) electrons. The highest BCUT2D eigenvalue weighted by atomic mass is 35.5. The molecule has 2 aromatic rings. The number of carbonyl (C=O) groups excluding carboxylic acids is 2. The van der Waals surface area contributed by atoms with E-state index in [4.69, 9.17) is 27.6 Å². The molecule has 1 N–H and O–H groups in total. The fourth-order valence-electron chi connectivity index (χ4n) is 2.26. The maximum atomic E-state index is 12.3. The first-order valence-electron chi connectivity index (χ1n) is 6.66. The van der Waals surface area contributed by atoms with Gasteiger partial charge in [0, 0.05) is 18.7 Å². The number of benzene rings is 1. The van der Waals surface area contributed by atoms with Crippen LogP contribution in [-0.2, 0) is 4.79 Å². The Labute approximate surface area is 136 Å². The van der Waals surface area contributed by atoms with Crippen LogP contribution in [0.25, 0.3) is 11.3 Å². The van der Waals surface area contributed by atoms with Crippen LogP contribution in [0.4, 0.5) is 0 Å². The Hall–Kier alpha value is -1.98. The molecule has 0 spiro atoms. The third kappa shape index (κ3) is 2.82. The number of rotatable bonds is 2. The number of nitrogens with zero attached hydrogens (tertiary/aromatic N) is 1. The minimum Gasteiger partial charge on any atom is -0.451 e. The van der Waals surface area contributed by atoms with Crippen LogP contribution in [0.3, 0.4) is 0 Å². The summed E-state index contributed by atoms with van der Waals surface area (Å²) in [4.78, 5) is 25.1. The second-order valence-corrected chi connectivity index (χ2v) is 5.63. The number of amides is 2. The number of carbonyl (C=O) groups is 2. The molecule has 2 heterocycles. The Bertz CT molecular complexity index is 742. The van der Waals surface area contributed by atoms with E-state index in [1.807, 2.05) is 0 Å². The Morgan fingerprint density at radius 3 is 2.82 bits per heavy atom. The third-order valence-corrected chi connectivity index (χ3v) is 4.18. The lowest BCUT2D eigenvalue weighted by Crippen LogP contribution is -2.49. The summed E-state index contributed by atoms with van der Waals surface area (Å²) in [5, 5.41) is 3.45. The standard InChI is InChI=1S/C15H12Cl2N2O3/c16-10-3-1-2-9(14(10)17)11-4-5-12(22-11)15(21)19-7-6-18-13(20)8-19/h1-5H,6-8H2,(H,18,20). The fraction of sp³-hybridized carbons (Fsp3) is 0.200. The predicted molar refractivity (Wildman–Crippen MR) is 83.1 cm³/mol. The van der Waals surface area contributed by atoms with E-state index in [1.54, 1.807) is 30.3 Å². The Balaban J connectivity index is 1.86. The maximum Gasteiger partial charge on any atom is 0.290 e. The van der Waals surface area contributed by atoms with E-state index in [1.165, 1.54) is 4.90 Å². The first-order chi connectivity index (χ1) is 10.6. The summed E-state index contributed by atoms with van der Waals surface area (Å²) in [7, 11) is 0. The van der Waals surface area contributed by atoms with E-state index in [0.717, 1.165) is 0 Å². The molecule has 0 unspecified atom stereocenters. The molecule has 1 aromatic carbocycles. The molecule has 114 valence electrons. The summed E-state index contributed by atoms with van der Waals surface area (Å²) < 4.78 is 5.59. The molecule has 1 fully saturated rings. The molecule has 0 aliphatic carbocycles. The van der Waals surface area contributed by atoms with Crippen LogP contribution in [0, 0.1) is 0 Å². The summed E-state index contributed by atoms with van der Waals surface area (Å²) in [6.07, 6.45) is 0. The van der Waals surface area contributed by atoms with E-state index in [2.05, 4.69) is 5.32 Å². The lowest BCUT2D eigenvalue weighted by Gasteiger charge is -2.25. The largest absolute Gasteiger partial charge is 0.451 e. The van der Waals surface area contributed by atoms with Gasteiger partial charge >= 0.3 is 0 Å². The minimum atomic E-state index is -0.320. The third-order valence-electron chi connectivity index (χ3n) is 3.36. The second kappa shape index (κ2) is 6.02. The zero-order chi connectivity index (χ0) is 15.7. The van der Waals surface area contributed by atoms with Crippen LogP contribution < -0.4 is 5.32 Å². The Kier molecular flexibility index (Phi) is 4.09. The van der Waals surface area contributed by atoms with Gasteiger partial charge in [0.15, 0.2) is 5.76 Å². The number of piperazine rings is 1. The van der Waals surface area contributed by atoms with Crippen molar-refractivity contribution < 1.29 is 14.0 Å². The van der Waals surface area contributed by atoms with Gasteiger partial charge in [-0.1, -0.05) is 29.3 Å². The van der Waals surface area contributed by atoms with Gasteiger partial charge in [-0.3, -0.25) is 9.59 Å². The van der Waals surface area contributed by atoms with Crippen molar-refractivity contribution >= 4 is 35.0 Å². The molecule has 7 heteroatoms. The normalized spacial score (nSPS) is 14.8. The molecule has 0 bridgehead atoms. The van der Waals surface area contributed by atoms with E-state index in [-0.39, 0.29) is 24.1 Å². The van der Waals surface area contributed by atoms with Crippen LogP contribution in [0.2, 0.25) is 10.0 Å². The average Bonchev–Trinajstić information content (AvgIpc) is 2.99.